The van der Waals surface area contributed by atoms with Gasteiger partial charge in [-0.3, -0.25) is 10.3 Å². The van der Waals surface area contributed by atoms with Crippen LogP contribution in [0.25, 0.3) is 5.70 Å². The molecule has 0 atom stereocenters. The van der Waals surface area contributed by atoms with Crippen LogP contribution < -0.4 is 5.48 Å². The van der Waals surface area contributed by atoms with E-state index in [1.54, 1.807) is 0 Å². The average Bonchev–Trinajstić information content (AvgIpc) is 2.19. The lowest BCUT2D eigenvalue weighted by Gasteiger charge is -2.07. The summed E-state index contributed by atoms with van der Waals surface area (Å²) in [5, 5.41) is 0. The molecule has 0 aromatic heterocycles. The van der Waals surface area contributed by atoms with Crippen molar-refractivity contribution in [2.75, 3.05) is 6.61 Å². The fourth-order valence-corrected chi connectivity index (χ4v) is 0.863. The molecule has 1 aromatic rings. The van der Waals surface area contributed by atoms with Crippen LogP contribution >= 0.6 is 0 Å². The van der Waals surface area contributed by atoms with Crippen LogP contribution in [0.3, 0.4) is 0 Å². The number of hydrogen-bond donors (Lipinski definition) is 1. The van der Waals surface area contributed by atoms with E-state index in [9.17, 15) is 0 Å². The molecule has 0 unspecified atom stereocenters. The molecule has 1 N–H and O–H groups in total. The molecule has 2 heteroatoms. The van der Waals surface area contributed by atoms with Crippen LogP contribution in [0.1, 0.15) is 5.56 Å². The second-order valence-corrected chi connectivity index (χ2v) is 2.44. The number of hydrogen-bond acceptors (Lipinski definition) is 2. The van der Waals surface area contributed by atoms with Gasteiger partial charge in [-0.05, 0) is 5.56 Å². The van der Waals surface area contributed by atoms with Gasteiger partial charge < -0.3 is 0 Å². The van der Waals surface area contributed by atoms with Crippen molar-refractivity contribution in [1.29, 1.82) is 0 Å². The molecular weight excluding hydrogens is 162 g/mol. The number of terminal acetylenes is 1. The maximum Gasteiger partial charge on any atom is 0.135 e. The molecule has 1 aromatic carbocycles. The van der Waals surface area contributed by atoms with Crippen molar-refractivity contribution in [2.24, 2.45) is 0 Å². The molecule has 0 spiro atoms. The summed E-state index contributed by atoms with van der Waals surface area (Å²) >= 11 is 0. The van der Waals surface area contributed by atoms with E-state index in [-0.39, 0.29) is 6.61 Å². The van der Waals surface area contributed by atoms with E-state index in [1.165, 1.54) is 0 Å². The first-order chi connectivity index (χ1) is 6.34. The standard InChI is InChI=1S/C11H11NO/c1-3-9-13-12-10(2)11-7-5-4-6-8-11/h1,4-8,12H,2,9H2. The van der Waals surface area contributed by atoms with Crippen LogP contribution in [-0.2, 0) is 4.84 Å². The summed E-state index contributed by atoms with van der Waals surface area (Å²) in [4.78, 5) is 4.91. The predicted octanol–water partition coefficient (Wildman–Crippen LogP) is 1.81. The molecule has 0 radical (unpaired) electrons. The molecule has 0 bridgehead atoms. The lowest BCUT2D eigenvalue weighted by atomic mass is 10.2. The second kappa shape index (κ2) is 5.02. The lowest BCUT2D eigenvalue weighted by molar-refractivity contribution is 0.108. The highest BCUT2D eigenvalue weighted by Gasteiger charge is 1.94. The first kappa shape index (κ1) is 9.37. The van der Waals surface area contributed by atoms with Crippen LogP contribution in [0, 0.1) is 12.3 Å². The molecule has 1 rings (SSSR count). The maximum atomic E-state index is 5.01. The molecule has 2 nitrogen and oxygen atoms in total. The number of benzene rings is 1. The summed E-state index contributed by atoms with van der Waals surface area (Å²) in [7, 11) is 0. The molecule has 0 amide bonds. The van der Waals surface area contributed by atoms with Gasteiger partial charge in [0, 0.05) is 0 Å². The smallest absolute Gasteiger partial charge is 0.135 e. The van der Waals surface area contributed by atoms with Crippen molar-refractivity contribution in [1.82, 2.24) is 5.48 Å². The van der Waals surface area contributed by atoms with Gasteiger partial charge in [0.25, 0.3) is 0 Å². The highest BCUT2D eigenvalue weighted by atomic mass is 16.6. The van der Waals surface area contributed by atoms with Gasteiger partial charge in [0.2, 0.25) is 0 Å². The Morgan fingerprint density at radius 3 is 2.77 bits per heavy atom. The SMILES string of the molecule is C#CCONC(=C)c1ccccc1. The van der Waals surface area contributed by atoms with Gasteiger partial charge in [-0.2, -0.15) is 0 Å². The largest absolute Gasteiger partial charge is 0.266 e. The normalized spacial score (nSPS) is 8.85. The Bertz CT molecular complexity index is 311. The molecule has 0 fully saturated rings. The Labute approximate surface area is 78.2 Å². The molecule has 0 saturated carbocycles. The van der Waals surface area contributed by atoms with Crippen molar-refractivity contribution in [3.63, 3.8) is 0 Å². The van der Waals surface area contributed by atoms with E-state index >= 15 is 0 Å². The molecular formula is C11H11NO. The Kier molecular flexibility index (Phi) is 3.62. The fraction of sp³-hybridized carbons (Fsp3) is 0.0909. The first-order valence-corrected chi connectivity index (χ1v) is 3.90. The van der Waals surface area contributed by atoms with Crippen molar-refractivity contribution in [3.8, 4) is 12.3 Å². The van der Waals surface area contributed by atoms with E-state index in [4.69, 9.17) is 11.3 Å². The Hall–Kier alpha value is -1.72. The Balaban J connectivity index is 2.46. The van der Waals surface area contributed by atoms with Crippen LogP contribution in [0.2, 0.25) is 0 Å². The molecule has 0 aliphatic carbocycles. The summed E-state index contributed by atoms with van der Waals surface area (Å²) in [6, 6.07) is 9.69. The topological polar surface area (TPSA) is 21.3 Å². The van der Waals surface area contributed by atoms with Crippen LogP contribution in [0.15, 0.2) is 36.9 Å². The summed E-state index contributed by atoms with van der Waals surface area (Å²) in [6.07, 6.45) is 5.01. The first-order valence-electron chi connectivity index (χ1n) is 3.90. The highest BCUT2D eigenvalue weighted by Crippen LogP contribution is 2.07. The van der Waals surface area contributed by atoms with E-state index in [0.717, 1.165) is 5.56 Å². The molecule has 0 aliphatic heterocycles. The summed E-state index contributed by atoms with van der Waals surface area (Å²) in [5.74, 6) is 2.35. The van der Waals surface area contributed by atoms with Crippen LogP contribution in [0.5, 0.6) is 0 Å². The molecule has 0 aliphatic rings. The van der Waals surface area contributed by atoms with E-state index in [2.05, 4.69) is 18.0 Å². The van der Waals surface area contributed by atoms with Gasteiger partial charge in [-0.15, -0.1) is 6.42 Å². The van der Waals surface area contributed by atoms with Crippen molar-refractivity contribution in [3.05, 3.63) is 42.5 Å². The minimum atomic E-state index is 0.228. The van der Waals surface area contributed by atoms with Gasteiger partial charge in [-0.1, -0.05) is 42.8 Å². The zero-order valence-corrected chi connectivity index (χ0v) is 7.29. The van der Waals surface area contributed by atoms with Gasteiger partial charge in [0.15, 0.2) is 0 Å². The summed E-state index contributed by atoms with van der Waals surface area (Å²) in [5.41, 5.74) is 4.35. The lowest BCUT2D eigenvalue weighted by Crippen LogP contribution is -2.12. The highest BCUT2D eigenvalue weighted by molar-refractivity contribution is 5.60. The quantitative estimate of drug-likeness (QED) is 0.426. The zero-order chi connectivity index (χ0) is 9.52. The van der Waals surface area contributed by atoms with Gasteiger partial charge in [0.1, 0.15) is 6.61 Å². The van der Waals surface area contributed by atoms with Gasteiger partial charge >= 0.3 is 0 Å². The third-order valence-electron chi connectivity index (χ3n) is 1.47. The molecule has 0 heterocycles. The minimum absolute atomic E-state index is 0.228. The third-order valence-corrected chi connectivity index (χ3v) is 1.47. The van der Waals surface area contributed by atoms with E-state index in [1.807, 2.05) is 30.3 Å². The van der Waals surface area contributed by atoms with Gasteiger partial charge in [0.05, 0.1) is 5.70 Å². The minimum Gasteiger partial charge on any atom is -0.266 e. The summed E-state index contributed by atoms with van der Waals surface area (Å²) in [6.45, 7) is 4.02. The van der Waals surface area contributed by atoms with Crippen molar-refractivity contribution < 1.29 is 4.84 Å². The van der Waals surface area contributed by atoms with Gasteiger partial charge in [-0.25, -0.2) is 0 Å². The van der Waals surface area contributed by atoms with Crippen LogP contribution in [0.4, 0.5) is 0 Å². The predicted molar refractivity (Wildman–Crippen MR) is 53.4 cm³/mol. The third kappa shape index (κ3) is 3.02. The van der Waals surface area contributed by atoms with Crippen LogP contribution in [-0.4, -0.2) is 6.61 Å². The van der Waals surface area contributed by atoms with E-state index in [0.29, 0.717) is 5.70 Å². The number of hydroxylamine groups is 1. The summed E-state index contributed by atoms with van der Waals surface area (Å²) < 4.78 is 0. The van der Waals surface area contributed by atoms with Crippen molar-refractivity contribution >= 4 is 5.70 Å². The molecule has 0 saturated heterocycles. The zero-order valence-electron chi connectivity index (χ0n) is 7.29. The van der Waals surface area contributed by atoms with E-state index < -0.39 is 0 Å². The number of nitrogens with one attached hydrogen (secondary N) is 1. The Morgan fingerprint density at radius 2 is 2.15 bits per heavy atom. The Morgan fingerprint density at radius 1 is 1.46 bits per heavy atom. The maximum absolute atomic E-state index is 5.01. The molecule has 66 valence electrons. The molecule has 13 heavy (non-hydrogen) atoms. The monoisotopic (exact) mass is 173 g/mol. The second-order valence-electron chi connectivity index (χ2n) is 2.44. The number of rotatable bonds is 4. The van der Waals surface area contributed by atoms with Crippen molar-refractivity contribution in [2.45, 2.75) is 0 Å². The fourth-order valence-electron chi connectivity index (χ4n) is 0.863. The average molecular weight is 173 g/mol.